The van der Waals surface area contributed by atoms with E-state index in [1.165, 1.54) is 5.56 Å². The summed E-state index contributed by atoms with van der Waals surface area (Å²) in [4.78, 5) is 13.9. The molecule has 19 heavy (non-hydrogen) atoms. The Kier molecular flexibility index (Phi) is 5.16. The average molecular weight is 258 g/mol. The van der Waals surface area contributed by atoms with Gasteiger partial charge >= 0.3 is 0 Å². The SMILES string of the molecule is C/C=C/C(=O)NC1CCN(Cc2ccccc2)CC1. The Morgan fingerprint density at radius 1 is 1.32 bits per heavy atom. The number of allylic oxidation sites excluding steroid dienone is 1. The summed E-state index contributed by atoms with van der Waals surface area (Å²) in [6.07, 6.45) is 5.45. The third-order valence-corrected chi connectivity index (χ3v) is 3.50. The third-order valence-electron chi connectivity index (χ3n) is 3.50. The molecule has 0 saturated carbocycles. The molecule has 1 aliphatic heterocycles. The molecular formula is C16H22N2O. The Hall–Kier alpha value is -1.61. The molecule has 1 N–H and O–H groups in total. The lowest BCUT2D eigenvalue weighted by molar-refractivity contribution is -0.117. The van der Waals surface area contributed by atoms with Gasteiger partial charge in [-0.15, -0.1) is 0 Å². The molecule has 1 aromatic rings. The monoisotopic (exact) mass is 258 g/mol. The van der Waals surface area contributed by atoms with Crippen LogP contribution < -0.4 is 5.32 Å². The number of hydrogen-bond acceptors (Lipinski definition) is 2. The molecule has 3 nitrogen and oxygen atoms in total. The lowest BCUT2D eigenvalue weighted by Gasteiger charge is -2.32. The quantitative estimate of drug-likeness (QED) is 0.841. The van der Waals surface area contributed by atoms with Crippen molar-refractivity contribution in [3.63, 3.8) is 0 Å². The van der Waals surface area contributed by atoms with E-state index in [4.69, 9.17) is 0 Å². The van der Waals surface area contributed by atoms with E-state index >= 15 is 0 Å². The first kappa shape index (κ1) is 13.8. The zero-order valence-corrected chi connectivity index (χ0v) is 11.5. The van der Waals surface area contributed by atoms with E-state index in [-0.39, 0.29) is 5.91 Å². The van der Waals surface area contributed by atoms with Crippen LogP contribution in [0.4, 0.5) is 0 Å². The normalized spacial score (nSPS) is 17.7. The van der Waals surface area contributed by atoms with Gasteiger partial charge in [-0.1, -0.05) is 36.4 Å². The number of hydrogen-bond donors (Lipinski definition) is 1. The van der Waals surface area contributed by atoms with Crippen molar-refractivity contribution in [3.8, 4) is 0 Å². The number of carbonyl (C=O) groups is 1. The first-order chi connectivity index (χ1) is 9.28. The molecule has 1 aliphatic rings. The van der Waals surface area contributed by atoms with Crippen molar-refractivity contribution < 1.29 is 4.79 Å². The van der Waals surface area contributed by atoms with Crippen molar-refractivity contribution in [2.45, 2.75) is 32.4 Å². The van der Waals surface area contributed by atoms with Gasteiger partial charge in [-0.25, -0.2) is 0 Å². The number of nitrogens with one attached hydrogen (secondary N) is 1. The first-order valence-corrected chi connectivity index (χ1v) is 6.97. The summed E-state index contributed by atoms with van der Waals surface area (Å²) < 4.78 is 0. The highest BCUT2D eigenvalue weighted by atomic mass is 16.1. The Labute approximate surface area is 115 Å². The van der Waals surface area contributed by atoms with Gasteiger partial charge in [0.15, 0.2) is 0 Å². The molecule has 0 radical (unpaired) electrons. The standard InChI is InChI=1S/C16H22N2O/c1-2-6-16(19)17-15-9-11-18(12-10-15)13-14-7-4-3-5-8-14/h2-8,15H,9-13H2,1H3,(H,17,19)/b6-2+. The fraction of sp³-hybridized carbons (Fsp3) is 0.438. The van der Waals surface area contributed by atoms with Gasteiger partial charge in [-0.3, -0.25) is 9.69 Å². The van der Waals surface area contributed by atoms with Gasteiger partial charge in [0, 0.05) is 25.7 Å². The van der Waals surface area contributed by atoms with Crippen LogP contribution >= 0.6 is 0 Å². The van der Waals surface area contributed by atoms with Gasteiger partial charge in [-0.2, -0.15) is 0 Å². The Balaban J connectivity index is 1.75. The van der Waals surface area contributed by atoms with Gasteiger partial charge in [0.25, 0.3) is 0 Å². The van der Waals surface area contributed by atoms with Crippen LogP contribution in [0.2, 0.25) is 0 Å². The minimum Gasteiger partial charge on any atom is -0.350 e. The molecule has 0 bridgehead atoms. The van der Waals surface area contributed by atoms with E-state index in [1.807, 2.05) is 13.0 Å². The van der Waals surface area contributed by atoms with E-state index < -0.39 is 0 Å². The van der Waals surface area contributed by atoms with E-state index in [0.717, 1.165) is 32.5 Å². The predicted octanol–water partition coefficient (Wildman–Crippen LogP) is 2.34. The molecule has 1 heterocycles. The molecule has 0 aromatic heterocycles. The van der Waals surface area contributed by atoms with E-state index in [9.17, 15) is 4.79 Å². The molecule has 1 amide bonds. The molecule has 2 rings (SSSR count). The molecule has 3 heteroatoms. The summed E-state index contributed by atoms with van der Waals surface area (Å²) in [5.41, 5.74) is 1.36. The number of nitrogens with zero attached hydrogens (tertiary/aromatic N) is 1. The van der Waals surface area contributed by atoms with Gasteiger partial charge in [0.1, 0.15) is 0 Å². The number of likely N-dealkylation sites (tertiary alicyclic amines) is 1. The Bertz CT molecular complexity index is 420. The summed E-state index contributed by atoms with van der Waals surface area (Å²) in [5, 5.41) is 3.05. The molecular weight excluding hydrogens is 236 g/mol. The highest BCUT2D eigenvalue weighted by molar-refractivity contribution is 5.87. The van der Waals surface area contributed by atoms with Crippen LogP contribution in [0.25, 0.3) is 0 Å². The van der Waals surface area contributed by atoms with Crippen molar-refractivity contribution in [3.05, 3.63) is 48.0 Å². The molecule has 0 atom stereocenters. The lowest BCUT2D eigenvalue weighted by Crippen LogP contribution is -2.43. The number of rotatable bonds is 4. The molecule has 0 aliphatic carbocycles. The average Bonchev–Trinajstić information content (AvgIpc) is 2.42. The highest BCUT2D eigenvalue weighted by Gasteiger charge is 2.19. The first-order valence-electron chi connectivity index (χ1n) is 6.97. The number of benzene rings is 1. The second kappa shape index (κ2) is 7.10. The molecule has 102 valence electrons. The number of amides is 1. The second-order valence-corrected chi connectivity index (χ2v) is 5.04. The van der Waals surface area contributed by atoms with E-state index in [0.29, 0.717) is 6.04 Å². The van der Waals surface area contributed by atoms with Crippen LogP contribution in [-0.2, 0) is 11.3 Å². The van der Waals surface area contributed by atoms with Crippen LogP contribution in [0.15, 0.2) is 42.5 Å². The molecule has 1 fully saturated rings. The van der Waals surface area contributed by atoms with Crippen molar-refractivity contribution >= 4 is 5.91 Å². The minimum atomic E-state index is 0.0315. The molecule has 1 saturated heterocycles. The van der Waals surface area contributed by atoms with Crippen LogP contribution in [0.3, 0.4) is 0 Å². The number of carbonyl (C=O) groups excluding carboxylic acids is 1. The minimum absolute atomic E-state index is 0.0315. The van der Waals surface area contributed by atoms with Crippen LogP contribution in [0, 0.1) is 0 Å². The fourth-order valence-corrected chi connectivity index (χ4v) is 2.48. The molecule has 0 spiro atoms. The maximum Gasteiger partial charge on any atom is 0.243 e. The fourth-order valence-electron chi connectivity index (χ4n) is 2.48. The zero-order valence-electron chi connectivity index (χ0n) is 11.5. The maximum atomic E-state index is 11.5. The summed E-state index contributed by atoms with van der Waals surface area (Å²) in [7, 11) is 0. The topological polar surface area (TPSA) is 32.3 Å². The van der Waals surface area contributed by atoms with E-state index in [1.54, 1.807) is 12.2 Å². The summed E-state index contributed by atoms with van der Waals surface area (Å²) in [6, 6.07) is 10.9. The largest absolute Gasteiger partial charge is 0.350 e. The summed E-state index contributed by atoms with van der Waals surface area (Å²) >= 11 is 0. The van der Waals surface area contributed by atoms with Gasteiger partial charge in [-0.05, 0) is 31.4 Å². The van der Waals surface area contributed by atoms with Crippen LogP contribution in [-0.4, -0.2) is 29.9 Å². The summed E-state index contributed by atoms with van der Waals surface area (Å²) in [5.74, 6) is 0.0315. The molecule has 1 aromatic carbocycles. The summed E-state index contributed by atoms with van der Waals surface area (Å²) in [6.45, 7) is 4.98. The van der Waals surface area contributed by atoms with Crippen LogP contribution in [0.1, 0.15) is 25.3 Å². The van der Waals surface area contributed by atoms with Crippen molar-refractivity contribution in [1.82, 2.24) is 10.2 Å². The molecule has 0 unspecified atom stereocenters. The van der Waals surface area contributed by atoms with E-state index in [2.05, 4.69) is 34.5 Å². The lowest BCUT2D eigenvalue weighted by atomic mass is 10.0. The van der Waals surface area contributed by atoms with Crippen LogP contribution in [0.5, 0.6) is 0 Å². The van der Waals surface area contributed by atoms with Gasteiger partial charge in [0.2, 0.25) is 5.91 Å². The van der Waals surface area contributed by atoms with Crippen molar-refractivity contribution in [2.24, 2.45) is 0 Å². The maximum absolute atomic E-state index is 11.5. The Morgan fingerprint density at radius 3 is 2.63 bits per heavy atom. The second-order valence-electron chi connectivity index (χ2n) is 5.04. The predicted molar refractivity (Wildman–Crippen MR) is 77.7 cm³/mol. The Morgan fingerprint density at radius 2 is 2.00 bits per heavy atom. The smallest absolute Gasteiger partial charge is 0.243 e. The third kappa shape index (κ3) is 4.52. The van der Waals surface area contributed by atoms with Crippen molar-refractivity contribution in [1.29, 1.82) is 0 Å². The number of piperidine rings is 1. The highest BCUT2D eigenvalue weighted by Crippen LogP contribution is 2.13. The zero-order chi connectivity index (χ0) is 13.5. The van der Waals surface area contributed by atoms with Crippen molar-refractivity contribution in [2.75, 3.05) is 13.1 Å². The van der Waals surface area contributed by atoms with Gasteiger partial charge < -0.3 is 5.32 Å². The van der Waals surface area contributed by atoms with Gasteiger partial charge in [0.05, 0.1) is 0 Å².